The van der Waals surface area contributed by atoms with E-state index < -0.39 is 0 Å². The fraction of sp³-hybridized carbons (Fsp3) is 0.176. The Kier molecular flexibility index (Phi) is 7.68. The minimum atomic E-state index is 0.0608. The number of ether oxygens (including phenoxy) is 2. The number of aliphatic hydroxyl groups excluding tert-OH is 2. The van der Waals surface area contributed by atoms with Crippen molar-refractivity contribution in [3.05, 3.63) is 95.0 Å². The van der Waals surface area contributed by atoms with Crippen LogP contribution in [0.2, 0.25) is 10.0 Å². The maximum Gasteiger partial charge on any atom is 0.134 e. The lowest BCUT2D eigenvalue weighted by Gasteiger charge is -2.22. The van der Waals surface area contributed by atoms with Crippen molar-refractivity contribution >= 4 is 66.3 Å². The van der Waals surface area contributed by atoms with Gasteiger partial charge in [0.2, 0.25) is 0 Å². The molecule has 202 valence electrons. The van der Waals surface area contributed by atoms with Gasteiger partial charge in [-0.3, -0.25) is 0 Å². The minimum Gasteiger partial charge on any atom is -0.492 e. The molecule has 0 fully saturated rings. The van der Waals surface area contributed by atoms with Crippen molar-refractivity contribution in [2.45, 2.75) is 12.8 Å². The second kappa shape index (κ2) is 11.5. The van der Waals surface area contributed by atoms with Crippen LogP contribution in [0.15, 0.2) is 84.9 Å². The quantitative estimate of drug-likeness (QED) is 0.135. The highest BCUT2D eigenvalue weighted by molar-refractivity contribution is 6.34. The molecule has 6 aromatic rings. The van der Waals surface area contributed by atoms with E-state index in [1.165, 1.54) is 0 Å². The number of fused-ring (bicyclic) bond motifs is 4. The molecule has 0 saturated heterocycles. The highest BCUT2D eigenvalue weighted by atomic mass is 35.5. The fourth-order valence-electron chi connectivity index (χ4n) is 5.55. The molecule has 0 atom stereocenters. The lowest BCUT2D eigenvalue weighted by Crippen LogP contribution is -2.03. The third kappa shape index (κ3) is 4.71. The molecular formula is C34H28Cl2O4. The normalized spacial score (nSPS) is 11.6. The van der Waals surface area contributed by atoms with Gasteiger partial charge >= 0.3 is 0 Å². The third-order valence-electron chi connectivity index (χ3n) is 7.22. The van der Waals surface area contributed by atoms with Crippen molar-refractivity contribution in [3.63, 3.8) is 0 Å². The van der Waals surface area contributed by atoms with Gasteiger partial charge in [0.1, 0.15) is 11.5 Å². The first-order chi connectivity index (χ1) is 19.6. The summed E-state index contributed by atoms with van der Waals surface area (Å²) in [6.45, 7) is 0.925. The number of halogens is 2. The van der Waals surface area contributed by atoms with Gasteiger partial charge < -0.3 is 19.7 Å². The predicted molar refractivity (Wildman–Crippen MR) is 166 cm³/mol. The van der Waals surface area contributed by atoms with E-state index in [1.807, 2.05) is 60.7 Å². The Labute approximate surface area is 242 Å². The molecule has 0 aromatic heterocycles. The maximum atomic E-state index is 9.38. The number of rotatable bonds is 9. The standard InChI is InChI=1S/C34H28Cl2O4/c35-21-11-13-27-29(19-21)31(23-7-1-3-9-25(23)33(27)39-17-5-15-37)32-24-8-2-4-10-26(24)34(40-18-6-16-38)28-14-12-22(36)20-30(28)32/h1-4,7-14,19-20,37-38H,5-6,15-18H2. The van der Waals surface area contributed by atoms with Crippen molar-refractivity contribution in [2.75, 3.05) is 26.4 Å². The molecule has 4 nitrogen and oxygen atoms in total. The van der Waals surface area contributed by atoms with E-state index >= 15 is 0 Å². The highest BCUT2D eigenvalue weighted by Crippen LogP contribution is 2.50. The van der Waals surface area contributed by atoms with Gasteiger partial charge in [0.15, 0.2) is 0 Å². The lowest BCUT2D eigenvalue weighted by atomic mass is 9.85. The summed E-state index contributed by atoms with van der Waals surface area (Å²) in [5.74, 6) is 1.55. The number of hydrogen-bond acceptors (Lipinski definition) is 4. The Bertz CT molecular complexity index is 1730. The molecule has 0 heterocycles. The molecule has 0 aliphatic rings. The molecule has 0 bridgehead atoms. The van der Waals surface area contributed by atoms with E-state index in [1.54, 1.807) is 0 Å². The van der Waals surface area contributed by atoms with Crippen LogP contribution in [-0.4, -0.2) is 36.6 Å². The van der Waals surface area contributed by atoms with Crippen LogP contribution < -0.4 is 9.47 Å². The lowest BCUT2D eigenvalue weighted by molar-refractivity contribution is 0.235. The van der Waals surface area contributed by atoms with Crippen molar-refractivity contribution in [1.82, 2.24) is 0 Å². The summed E-state index contributed by atoms with van der Waals surface area (Å²) in [4.78, 5) is 0. The molecular weight excluding hydrogens is 543 g/mol. The molecule has 0 spiro atoms. The number of hydrogen-bond donors (Lipinski definition) is 2. The van der Waals surface area contributed by atoms with Crippen molar-refractivity contribution in [1.29, 1.82) is 0 Å². The van der Waals surface area contributed by atoms with E-state index in [-0.39, 0.29) is 13.2 Å². The summed E-state index contributed by atoms with van der Waals surface area (Å²) in [7, 11) is 0. The molecule has 6 heteroatoms. The Morgan fingerprint density at radius 1 is 0.475 bits per heavy atom. The van der Waals surface area contributed by atoms with E-state index in [0.717, 1.165) is 65.7 Å². The summed E-state index contributed by atoms with van der Waals surface area (Å²) in [5.41, 5.74) is 2.07. The van der Waals surface area contributed by atoms with Gasteiger partial charge in [-0.15, -0.1) is 0 Å². The molecule has 0 unspecified atom stereocenters. The van der Waals surface area contributed by atoms with E-state index in [0.29, 0.717) is 36.1 Å². The molecule has 6 aromatic carbocycles. The first-order valence-corrected chi connectivity index (χ1v) is 14.1. The van der Waals surface area contributed by atoms with E-state index in [9.17, 15) is 10.2 Å². The van der Waals surface area contributed by atoms with Gasteiger partial charge in [-0.1, -0.05) is 71.7 Å². The van der Waals surface area contributed by atoms with Gasteiger partial charge in [0, 0.05) is 57.6 Å². The highest BCUT2D eigenvalue weighted by Gasteiger charge is 2.22. The summed E-state index contributed by atoms with van der Waals surface area (Å²) in [6.07, 6.45) is 1.08. The first kappa shape index (κ1) is 26.7. The van der Waals surface area contributed by atoms with Gasteiger partial charge in [-0.25, -0.2) is 0 Å². The van der Waals surface area contributed by atoms with Crippen LogP contribution in [0.5, 0.6) is 11.5 Å². The zero-order valence-electron chi connectivity index (χ0n) is 21.8. The maximum absolute atomic E-state index is 9.38. The summed E-state index contributed by atoms with van der Waals surface area (Å²) >= 11 is 13.3. The summed E-state index contributed by atoms with van der Waals surface area (Å²) in [5, 5.41) is 27.8. The summed E-state index contributed by atoms with van der Waals surface area (Å²) in [6, 6.07) is 28.2. The SMILES string of the molecule is OCCCOc1c2ccccc2c(-c2c3ccccc3c(OCCCO)c3ccc(Cl)cc23)c2cc(Cl)ccc12. The predicted octanol–water partition coefficient (Wildman–Crippen LogP) is 8.80. The first-order valence-electron chi connectivity index (χ1n) is 13.4. The molecule has 0 aliphatic heterocycles. The Hall–Kier alpha value is -3.54. The Morgan fingerprint density at radius 3 is 1.25 bits per heavy atom. The summed E-state index contributed by atoms with van der Waals surface area (Å²) < 4.78 is 12.6. The molecule has 2 N–H and O–H groups in total. The number of benzene rings is 6. The minimum absolute atomic E-state index is 0.0608. The molecule has 0 saturated carbocycles. The Morgan fingerprint density at radius 2 is 0.850 bits per heavy atom. The van der Waals surface area contributed by atoms with Crippen molar-refractivity contribution in [3.8, 4) is 22.6 Å². The van der Waals surface area contributed by atoms with E-state index in [2.05, 4.69) is 24.3 Å². The van der Waals surface area contributed by atoms with Gasteiger partial charge in [0.05, 0.1) is 13.2 Å². The topological polar surface area (TPSA) is 58.9 Å². The molecule has 0 aliphatic carbocycles. The smallest absolute Gasteiger partial charge is 0.134 e. The van der Waals surface area contributed by atoms with Crippen LogP contribution in [0.4, 0.5) is 0 Å². The molecule has 40 heavy (non-hydrogen) atoms. The van der Waals surface area contributed by atoms with Crippen LogP contribution in [0.1, 0.15) is 12.8 Å². The largest absolute Gasteiger partial charge is 0.492 e. The van der Waals surface area contributed by atoms with Crippen LogP contribution in [0.25, 0.3) is 54.2 Å². The molecule has 0 amide bonds. The molecule has 6 rings (SSSR count). The van der Waals surface area contributed by atoms with Crippen LogP contribution in [0.3, 0.4) is 0 Å². The van der Waals surface area contributed by atoms with Crippen LogP contribution in [0, 0.1) is 0 Å². The second-order valence-electron chi connectivity index (χ2n) is 9.73. The van der Waals surface area contributed by atoms with Crippen molar-refractivity contribution < 1.29 is 19.7 Å². The van der Waals surface area contributed by atoms with Crippen LogP contribution in [-0.2, 0) is 0 Å². The monoisotopic (exact) mass is 570 g/mol. The fourth-order valence-corrected chi connectivity index (χ4v) is 5.89. The van der Waals surface area contributed by atoms with Crippen molar-refractivity contribution in [2.24, 2.45) is 0 Å². The average molecular weight is 572 g/mol. The zero-order chi connectivity index (χ0) is 27.6. The van der Waals surface area contributed by atoms with Gasteiger partial charge in [-0.05, 0) is 69.1 Å². The average Bonchev–Trinajstić information content (AvgIpc) is 2.97. The van der Waals surface area contributed by atoms with Gasteiger partial charge in [0.25, 0.3) is 0 Å². The van der Waals surface area contributed by atoms with E-state index in [4.69, 9.17) is 32.7 Å². The third-order valence-corrected chi connectivity index (χ3v) is 7.69. The van der Waals surface area contributed by atoms with Gasteiger partial charge in [-0.2, -0.15) is 0 Å². The zero-order valence-corrected chi connectivity index (χ0v) is 23.3. The number of aliphatic hydroxyl groups is 2. The van der Waals surface area contributed by atoms with Crippen LogP contribution >= 0.6 is 23.2 Å². The second-order valence-corrected chi connectivity index (χ2v) is 10.6. The molecule has 0 radical (unpaired) electrons. The Balaban J connectivity index is 1.79.